The first kappa shape index (κ1) is 18.0. The number of halogens is 1. The van der Waals surface area contributed by atoms with Gasteiger partial charge in [0.25, 0.3) is 0 Å². The Labute approximate surface area is 132 Å². The molecule has 0 aromatic rings. The van der Waals surface area contributed by atoms with Crippen LogP contribution >= 0.6 is 12.4 Å². The van der Waals surface area contributed by atoms with Crippen molar-refractivity contribution >= 4 is 24.3 Å². The SMILES string of the molecule is Cl.NCC1CCCN1C(=O)CNC(=O)NC1CCCCC1. The molecule has 0 radical (unpaired) electrons. The highest BCUT2D eigenvalue weighted by molar-refractivity contribution is 5.85. The Balaban J connectivity index is 0.00000220. The van der Waals surface area contributed by atoms with E-state index in [1.54, 1.807) is 4.90 Å². The molecule has 1 unspecified atom stereocenters. The zero-order valence-corrected chi connectivity index (χ0v) is 13.3. The molecule has 1 heterocycles. The van der Waals surface area contributed by atoms with Gasteiger partial charge in [-0.05, 0) is 25.7 Å². The van der Waals surface area contributed by atoms with Crippen molar-refractivity contribution in [3.05, 3.63) is 0 Å². The van der Waals surface area contributed by atoms with Crippen molar-refractivity contribution in [3.63, 3.8) is 0 Å². The topological polar surface area (TPSA) is 87.5 Å². The van der Waals surface area contributed by atoms with Crippen LogP contribution in [0.4, 0.5) is 4.79 Å². The summed E-state index contributed by atoms with van der Waals surface area (Å²) in [5.41, 5.74) is 5.65. The van der Waals surface area contributed by atoms with Crippen LogP contribution < -0.4 is 16.4 Å². The van der Waals surface area contributed by atoms with Gasteiger partial charge >= 0.3 is 6.03 Å². The van der Waals surface area contributed by atoms with Gasteiger partial charge in [-0.3, -0.25) is 4.79 Å². The summed E-state index contributed by atoms with van der Waals surface area (Å²) < 4.78 is 0. The minimum absolute atomic E-state index is 0. The summed E-state index contributed by atoms with van der Waals surface area (Å²) in [4.78, 5) is 25.6. The second-order valence-corrected chi connectivity index (χ2v) is 5.78. The first-order chi connectivity index (χ1) is 9.70. The van der Waals surface area contributed by atoms with Crippen molar-refractivity contribution in [1.82, 2.24) is 15.5 Å². The molecule has 0 aromatic carbocycles. The summed E-state index contributed by atoms with van der Waals surface area (Å²) in [7, 11) is 0. The van der Waals surface area contributed by atoms with Crippen LogP contribution in [0.5, 0.6) is 0 Å². The highest BCUT2D eigenvalue weighted by atomic mass is 35.5. The Bertz CT molecular complexity index is 348. The predicted octanol–water partition coefficient (Wildman–Crippen LogP) is 0.990. The molecule has 2 aliphatic rings. The first-order valence-corrected chi connectivity index (χ1v) is 7.74. The molecular weight excluding hydrogens is 292 g/mol. The lowest BCUT2D eigenvalue weighted by Crippen LogP contribution is -2.48. The van der Waals surface area contributed by atoms with Gasteiger partial charge in [0.1, 0.15) is 0 Å². The molecule has 2 rings (SSSR count). The Hall–Kier alpha value is -1.01. The summed E-state index contributed by atoms with van der Waals surface area (Å²) in [5.74, 6) is -0.0308. The third kappa shape index (κ3) is 5.36. The number of nitrogens with one attached hydrogen (secondary N) is 2. The zero-order valence-electron chi connectivity index (χ0n) is 12.5. The van der Waals surface area contributed by atoms with Crippen LogP contribution in [0.15, 0.2) is 0 Å². The van der Waals surface area contributed by atoms with Crippen LogP contribution in [0.25, 0.3) is 0 Å². The lowest BCUT2D eigenvalue weighted by Gasteiger charge is -2.25. The highest BCUT2D eigenvalue weighted by Crippen LogP contribution is 2.17. The molecule has 0 bridgehead atoms. The molecule has 1 aliphatic heterocycles. The Morgan fingerprint density at radius 2 is 1.81 bits per heavy atom. The second-order valence-electron chi connectivity index (χ2n) is 5.78. The highest BCUT2D eigenvalue weighted by Gasteiger charge is 2.27. The average molecular weight is 319 g/mol. The molecule has 0 aromatic heterocycles. The quantitative estimate of drug-likeness (QED) is 0.722. The fourth-order valence-electron chi connectivity index (χ4n) is 3.15. The number of nitrogens with zero attached hydrogens (tertiary/aromatic N) is 1. The maximum absolute atomic E-state index is 12.0. The largest absolute Gasteiger partial charge is 0.337 e. The van der Waals surface area contributed by atoms with Gasteiger partial charge in [-0.2, -0.15) is 0 Å². The Morgan fingerprint density at radius 3 is 2.48 bits per heavy atom. The van der Waals surface area contributed by atoms with Gasteiger partial charge in [0.15, 0.2) is 0 Å². The van der Waals surface area contributed by atoms with Crippen molar-refractivity contribution < 1.29 is 9.59 Å². The lowest BCUT2D eigenvalue weighted by molar-refractivity contribution is -0.130. The normalized spacial score (nSPS) is 22.5. The molecule has 7 heteroatoms. The molecule has 2 fully saturated rings. The molecule has 1 atom stereocenters. The number of hydrogen-bond acceptors (Lipinski definition) is 3. The van der Waals surface area contributed by atoms with E-state index in [-0.39, 0.29) is 43.0 Å². The van der Waals surface area contributed by atoms with Crippen molar-refractivity contribution in [2.45, 2.75) is 57.0 Å². The van der Waals surface area contributed by atoms with E-state index >= 15 is 0 Å². The van der Waals surface area contributed by atoms with Crippen molar-refractivity contribution in [1.29, 1.82) is 0 Å². The molecule has 6 nitrogen and oxygen atoms in total. The minimum Gasteiger partial charge on any atom is -0.337 e. The number of carbonyl (C=O) groups is 2. The molecule has 1 aliphatic carbocycles. The van der Waals surface area contributed by atoms with Gasteiger partial charge in [0.05, 0.1) is 6.54 Å². The minimum atomic E-state index is -0.228. The lowest BCUT2D eigenvalue weighted by atomic mass is 9.96. The molecule has 122 valence electrons. The van der Waals surface area contributed by atoms with Crippen LogP contribution in [-0.4, -0.2) is 48.6 Å². The Kier molecular flexibility index (Phi) is 7.82. The molecule has 3 amide bonds. The second kappa shape index (κ2) is 9.10. The van der Waals surface area contributed by atoms with Gasteiger partial charge in [-0.1, -0.05) is 19.3 Å². The summed E-state index contributed by atoms with van der Waals surface area (Å²) in [6.07, 6.45) is 7.67. The van der Waals surface area contributed by atoms with Crippen LogP contribution in [0.1, 0.15) is 44.9 Å². The molecule has 1 saturated carbocycles. The molecular formula is C14H27ClN4O2. The number of likely N-dealkylation sites (tertiary alicyclic amines) is 1. The van der Waals surface area contributed by atoms with E-state index in [2.05, 4.69) is 10.6 Å². The van der Waals surface area contributed by atoms with Crippen molar-refractivity contribution in [2.24, 2.45) is 5.73 Å². The number of hydrogen-bond donors (Lipinski definition) is 3. The fourth-order valence-corrected chi connectivity index (χ4v) is 3.15. The number of amides is 3. The number of rotatable bonds is 4. The monoisotopic (exact) mass is 318 g/mol. The summed E-state index contributed by atoms with van der Waals surface area (Å²) in [6, 6.07) is 0.182. The third-order valence-electron chi connectivity index (χ3n) is 4.31. The van der Waals surface area contributed by atoms with E-state index in [1.165, 1.54) is 19.3 Å². The van der Waals surface area contributed by atoms with E-state index in [9.17, 15) is 9.59 Å². The first-order valence-electron chi connectivity index (χ1n) is 7.74. The van der Waals surface area contributed by atoms with Gasteiger partial charge in [-0.25, -0.2) is 4.79 Å². The molecule has 4 N–H and O–H groups in total. The maximum atomic E-state index is 12.0. The number of urea groups is 1. The molecule has 0 spiro atoms. The fraction of sp³-hybridized carbons (Fsp3) is 0.857. The van der Waals surface area contributed by atoms with Crippen molar-refractivity contribution in [2.75, 3.05) is 19.6 Å². The van der Waals surface area contributed by atoms with Crippen LogP contribution in [0.3, 0.4) is 0 Å². The Morgan fingerprint density at radius 1 is 1.10 bits per heavy atom. The van der Waals surface area contributed by atoms with Crippen molar-refractivity contribution in [3.8, 4) is 0 Å². The third-order valence-corrected chi connectivity index (χ3v) is 4.31. The summed E-state index contributed by atoms with van der Waals surface area (Å²) in [5, 5.41) is 5.61. The standard InChI is InChI=1S/C14H26N4O2.ClH/c15-9-12-7-4-8-18(12)13(19)10-16-14(20)17-11-5-2-1-3-6-11;/h11-12H,1-10,15H2,(H2,16,17,20);1H. The van der Waals surface area contributed by atoms with Crippen LogP contribution in [0, 0.1) is 0 Å². The van der Waals surface area contributed by atoms with Crippen LogP contribution in [0.2, 0.25) is 0 Å². The number of carbonyl (C=O) groups excluding carboxylic acids is 2. The van der Waals surface area contributed by atoms with E-state index < -0.39 is 0 Å². The van der Waals surface area contributed by atoms with Crippen LogP contribution in [-0.2, 0) is 4.79 Å². The van der Waals surface area contributed by atoms with Gasteiger partial charge in [0, 0.05) is 25.2 Å². The molecule has 1 saturated heterocycles. The van der Waals surface area contributed by atoms with E-state index in [0.717, 1.165) is 32.2 Å². The zero-order chi connectivity index (χ0) is 14.4. The van der Waals surface area contributed by atoms with E-state index in [4.69, 9.17) is 5.73 Å². The smallest absolute Gasteiger partial charge is 0.315 e. The maximum Gasteiger partial charge on any atom is 0.315 e. The predicted molar refractivity (Wildman–Crippen MR) is 84.4 cm³/mol. The summed E-state index contributed by atoms with van der Waals surface area (Å²) in [6.45, 7) is 1.32. The van der Waals surface area contributed by atoms with Gasteiger partial charge in [-0.15, -0.1) is 12.4 Å². The van der Waals surface area contributed by atoms with Gasteiger partial charge < -0.3 is 21.3 Å². The summed E-state index contributed by atoms with van der Waals surface area (Å²) >= 11 is 0. The number of nitrogens with two attached hydrogens (primary N) is 1. The molecule has 21 heavy (non-hydrogen) atoms. The van der Waals surface area contributed by atoms with E-state index in [0.29, 0.717) is 6.54 Å². The van der Waals surface area contributed by atoms with E-state index in [1.807, 2.05) is 0 Å². The average Bonchev–Trinajstić information content (AvgIpc) is 2.94. The van der Waals surface area contributed by atoms with Gasteiger partial charge in [0.2, 0.25) is 5.91 Å².